The number of alkyl halides is 1. The van der Waals surface area contributed by atoms with E-state index < -0.39 is 0 Å². The first-order chi connectivity index (χ1) is 18.8. The number of nitrogens with zero attached hydrogens (tertiary/aromatic N) is 5. The molecule has 1 aliphatic carbocycles. The maximum Gasteiger partial charge on any atom is 0.251 e. The molecular formula is C28H38IN7O3. The van der Waals surface area contributed by atoms with E-state index in [-0.39, 0.29) is 23.9 Å². The molecule has 11 heteroatoms. The minimum Gasteiger partial charge on any atom is -0.495 e. The number of carbonyl (C=O) groups is 2. The Morgan fingerprint density at radius 3 is 2.67 bits per heavy atom. The molecule has 0 radical (unpaired) electrons. The minimum atomic E-state index is -0.229. The predicted octanol–water partition coefficient (Wildman–Crippen LogP) is 4.32. The van der Waals surface area contributed by atoms with Crippen LogP contribution in [0.2, 0.25) is 0 Å². The lowest BCUT2D eigenvalue weighted by Crippen LogP contribution is -2.55. The van der Waals surface area contributed by atoms with Gasteiger partial charge in [0.1, 0.15) is 17.5 Å². The monoisotopic (exact) mass is 647 g/mol. The zero-order valence-electron chi connectivity index (χ0n) is 23.1. The molecule has 5 rings (SSSR count). The highest BCUT2D eigenvalue weighted by molar-refractivity contribution is 14.1. The average Bonchev–Trinajstić information content (AvgIpc) is 3.47. The highest BCUT2D eigenvalue weighted by atomic mass is 127. The van der Waals surface area contributed by atoms with Crippen LogP contribution in [0.1, 0.15) is 62.2 Å². The van der Waals surface area contributed by atoms with Crippen molar-refractivity contribution in [3.8, 4) is 5.75 Å². The summed E-state index contributed by atoms with van der Waals surface area (Å²) in [6, 6.07) is 5.59. The molecule has 39 heavy (non-hydrogen) atoms. The van der Waals surface area contributed by atoms with Crippen LogP contribution in [-0.4, -0.2) is 76.6 Å². The Morgan fingerprint density at radius 1 is 1.21 bits per heavy atom. The molecule has 2 fully saturated rings. The van der Waals surface area contributed by atoms with Crippen LogP contribution in [0.15, 0.2) is 24.4 Å². The van der Waals surface area contributed by atoms with Crippen molar-refractivity contribution in [3.05, 3.63) is 30.0 Å². The number of methoxy groups -OCH3 is 1. The van der Waals surface area contributed by atoms with Gasteiger partial charge in [-0.15, -0.1) is 0 Å². The van der Waals surface area contributed by atoms with Gasteiger partial charge in [-0.2, -0.15) is 4.98 Å². The zero-order valence-corrected chi connectivity index (χ0v) is 25.3. The highest BCUT2D eigenvalue weighted by Gasteiger charge is 2.41. The van der Waals surface area contributed by atoms with E-state index in [0.717, 1.165) is 50.2 Å². The van der Waals surface area contributed by atoms with Gasteiger partial charge in [-0.3, -0.25) is 14.5 Å². The van der Waals surface area contributed by atoms with Gasteiger partial charge in [0.25, 0.3) is 5.91 Å². The Balaban J connectivity index is 1.37. The molecule has 10 nitrogen and oxygen atoms in total. The topological polar surface area (TPSA) is 103 Å². The number of nitrogens with one attached hydrogen (secondary N) is 2. The number of likely N-dealkylation sites (tertiary alicyclic amines) is 1. The Labute approximate surface area is 244 Å². The van der Waals surface area contributed by atoms with Crippen molar-refractivity contribution in [2.75, 3.05) is 42.9 Å². The van der Waals surface area contributed by atoms with Crippen molar-refractivity contribution >= 4 is 57.5 Å². The summed E-state index contributed by atoms with van der Waals surface area (Å²) in [6.45, 7) is 3.02. The smallest absolute Gasteiger partial charge is 0.251 e. The van der Waals surface area contributed by atoms with Crippen LogP contribution in [-0.2, 0) is 4.79 Å². The first kappa shape index (κ1) is 27.9. The van der Waals surface area contributed by atoms with Crippen LogP contribution in [0.3, 0.4) is 0 Å². The molecule has 210 valence electrons. The number of carbonyl (C=O) groups excluding carboxylic acids is 2. The van der Waals surface area contributed by atoms with Crippen molar-refractivity contribution in [3.63, 3.8) is 0 Å². The fourth-order valence-electron chi connectivity index (χ4n) is 5.93. The molecule has 2 aliphatic heterocycles. The molecule has 1 saturated carbocycles. The van der Waals surface area contributed by atoms with Gasteiger partial charge in [0, 0.05) is 31.2 Å². The van der Waals surface area contributed by atoms with E-state index in [0.29, 0.717) is 33.0 Å². The summed E-state index contributed by atoms with van der Waals surface area (Å²) in [5.74, 6) is 1.73. The summed E-state index contributed by atoms with van der Waals surface area (Å²) >= 11 is 2.43. The zero-order chi connectivity index (χ0) is 27.7. The van der Waals surface area contributed by atoms with Crippen molar-refractivity contribution in [2.45, 2.75) is 74.0 Å². The van der Waals surface area contributed by atoms with Crippen LogP contribution >= 0.6 is 22.6 Å². The molecule has 3 aliphatic rings. The van der Waals surface area contributed by atoms with E-state index in [9.17, 15) is 9.59 Å². The molecule has 3 heterocycles. The van der Waals surface area contributed by atoms with Gasteiger partial charge in [-0.25, -0.2) is 4.98 Å². The second-order valence-electron chi connectivity index (χ2n) is 10.7. The normalized spacial score (nSPS) is 24.0. The number of likely N-dealkylation sites (N-methyl/N-ethyl adjacent to an activating group) is 1. The van der Waals surface area contributed by atoms with E-state index in [1.165, 1.54) is 12.8 Å². The van der Waals surface area contributed by atoms with Crippen LogP contribution in [0.25, 0.3) is 0 Å². The minimum absolute atomic E-state index is 0.0889. The Hall–Kier alpha value is -2.67. The second kappa shape index (κ2) is 11.8. The molecule has 1 saturated heterocycles. The quantitative estimate of drug-likeness (QED) is 0.261. The average molecular weight is 648 g/mol. The summed E-state index contributed by atoms with van der Waals surface area (Å²) in [4.78, 5) is 41.8. The summed E-state index contributed by atoms with van der Waals surface area (Å²) < 4.78 is 6.05. The van der Waals surface area contributed by atoms with Crippen LogP contribution in [0.5, 0.6) is 5.75 Å². The maximum absolute atomic E-state index is 13.2. The molecule has 3 atom stereocenters. The van der Waals surface area contributed by atoms with Crippen molar-refractivity contribution in [2.24, 2.45) is 0 Å². The third-order valence-electron chi connectivity index (χ3n) is 8.25. The van der Waals surface area contributed by atoms with Gasteiger partial charge in [0.15, 0.2) is 5.82 Å². The lowest BCUT2D eigenvalue weighted by molar-refractivity contribution is -0.120. The van der Waals surface area contributed by atoms with Gasteiger partial charge in [0.2, 0.25) is 11.9 Å². The number of hydrogen-bond acceptors (Lipinski definition) is 8. The molecule has 2 N–H and O–H groups in total. The number of rotatable bonds is 7. The number of anilines is 4. The van der Waals surface area contributed by atoms with Crippen molar-refractivity contribution in [1.82, 2.24) is 20.2 Å². The number of piperidine rings is 1. The first-order valence-corrected chi connectivity index (χ1v) is 15.1. The first-order valence-electron chi connectivity index (χ1n) is 13.8. The lowest BCUT2D eigenvalue weighted by Gasteiger charge is -2.43. The number of fused-ring (bicyclic) bond motifs is 1. The number of amides is 2. The van der Waals surface area contributed by atoms with Crippen LogP contribution < -0.4 is 25.2 Å². The molecule has 2 amide bonds. The third kappa shape index (κ3) is 5.65. The molecule has 0 spiro atoms. The van der Waals surface area contributed by atoms with Gasteiger partial charge in [-0.1, -0.05) is 42.4 Å². The SMILES string of the molecule is CC[C@@H]1C(=O)N(C)c2cnc(Nc3ccc(C(=O)NC4CCN(C)C(I)C4)cc3OC)nc2N1C1CCCC1. The number of hydrogen-bond donors (Lipinski definition) is 2. The van der Waals surface area contributed by atoms with E-state index in [2.05, 4.69) is 62.0 Å². The molecule has 2 aromatic rings. The molecule has 0 bridgehead atoms. The van der Waals surface area contributed by atoms with Gasteiger partial charge in [-0.05, 0) is 57.4 Å². The van der Waals surface area contributed by atoms with Gasteiger partial charge in [0.05, 0.1) is 23.0 Å². The third-order valence-corrected chi connectivity index (χ3v) is 9.70. The number of benzene rings is 1. The van der Waals surface area contributed by atoms with Crippen molar-refractivity contribution in [1.29, 1.82) is 0 Å². The van der Waals surface area contributed by atoms with E-state index in [1.54, 1.807) is 37.4 Å². The van der Waals surface area contributed by atoms with E-state index >= 15 is 0 Å². The fourth-order valence-corrected chi connectivity index (χ4v) is 6.82. The summed E-state index contributed by atoms with van der Waals surface area (Å²) in [5, 5.41) is 6.47. The van der Waals surface area contributed by atoms with E-state index in [1.807, 2.05) is 6.07 Å². The maximum atomic E-state index is 13.2. The van der Waals surface area contributed by atoms with Crippen molar-refractivity contribution < 1.29 is 14.3 Å². The fraction of sp³-hybridized carbons (Fsp3) is 0.571. The Bertz CT molecular complexity index is 1220. The molecule has 1 aromatic carbocycles. The summed E-state index contributed by atoms with van der Waals surface area (Å²) in [7, 11) is 5.50. The molecule has 2 unspecified atom stereocenters. The summed E-state index contributed by atoms with van der Waals surface area (Å²) in [6.07, 6.45) is 8.76. The highest BCUT2D eigenvalue weighted by Crippen LogP contribution is 2.40. The van der Waals surface area contributed by atoms with Gasteiger partial charge >= 0.3 is 0 Å². The lowest BCUT2D eigenvalue weighted by atomic mass is 10.0. The molecule has 1 aromatic heterocycles. The van der Waals surface area contributed by atoms with Gasteiger partial charge < -0.3 is 25.2 Å². The number of aromatic nitrogens is 2. The van der Waals surface area contributed by atoms with Crippen LogP contribution in [0, 0.1) is 0 Å². The Kier molecular flexibility index (Phi) is 8.46. The van der Waals surface area contributed by atoms with E-state index in [4.69, 9.17) is 9.72 Å². The summed E-state index contributed by atoms with van der Waals surface area (Å²) in [5.41, 5.74) is 1.94. The second-order valence-corrected chi connectivity index (χ2v) is 12.2. The Morgan fingerprint density at radius 2 is 1.97 bits per heavy atom. The standard InChI is InChI=1S/C28H38IN7O3/c1-5-21-27(38)35(3)22-16-30-28(33-25(22)36(21)19-8-6-7-9-19)32-20-11-10-17(14-23(20)39-4)26(37)31-18-12-13-34(2)24(29)15-18/h10-11,14,16,18-19,21,24H,5-9,12-13,15H2,1-4H3,(H,31,37)(H,30,32,33)/t18?,21-,24?/m1/s1. The number of ether oxygens (including phenoxy) is 1. The number of halogens is 1. The predicted molar refractivity (Wildman–Crippen MR) is 161 cm³/mol. The molecular weight excluding hydrogens is 609 g/mol. The van der Waals surface area contributed by atoms with Crippen LogP contribution in [0.4, 0.5) is 23.1 Å². The largest absolute Gasteiger partial charge is 0.495 e.